The molecule has 174 valence electrons. The summed E-state index contributed by atoms with van der Waals surface area (Å²) < 4.78 is 0. The number of pyridine rings is 1. The van der Waals surface area contributed by atoms with Crippen molar-refractivity contribution in [3.05, 3.63) is 66.6 Å². The molecule has 1 aliphatic rings. The van der Waals surface area contributed by atoms with Gasteiger partial charge in [0.15, 0.2) is 5.13 Å². The minimum absolute atomic E-state index is 0.517. The molecule has 4 heterocycles. The van der Waals surface area contributed by atoms with E-state index in [1.54, 1.807) is 17.5 Å². The summed E-state index contributed by atoms with van der Waals surface area (Å²) in [7, 11) is 4.19. The molecule has 3 aromatic heterocycles. The van der Waals surface area contributed by atoms with E-state index in [2.05, 4.69) is 55.2 Å². The van der Waals surface area contributed by atoms with Gasteiger partial charge in [0.1, 0.15) is 5.82 Å². The van der Waals surface area contributed by atoms with E-state index in [9.17, 15) is 0 Å². The molecular weight excluding hydrogens is 444 g/mol. The van der Waals surface area contributed by atoms with Crippen molar-refractivity contribution in [3.8, 4) is 10.6 Å². The number of rotatable bonds is 6. The number of hydrogen-bond donors (Lipinski definition) is 1. The van der Waals surface area contributed by atoms with E-state index in [0.29, 0.717) is 5.95 Å². The Hall–Kier alpha value is -3.56. The summed E-state index contributed by atoms with van der Waals surface area (Å²) in [5.41, 5.74) is 4.03. The van der Waals surface area contributed by atoms with Crippen molar-refractivity contribution >= 4 is 39.6 Å². The number of para-hydroxylation sites is 1. The summed E-state index contributed by atoms with van der Waals surface area (Å²) >= 11 is 1.62. The Labute approximate surface area is 203 Å². The second-order valence-corrected chi connectivity index (χ2v) is 9.37. The number of piperazine rings is 1. The van der Waals surface area contributed by atoms with Crippen LogP contribution in [0.2, 0.25) is 0 Å². The first-order chi connectivity index (χ1) is 16.6. The van der Waals surface area contributed by atoms with Crippen LogP contribution in [0.5, 0.6) is 0 Å². The van der Waals surface area contributed by atoms with Gasteiger partial charge in [-0.3, -0.25) is 0 Å². The van der Waals surface area contributed by atoms with Gasteiger partial charge in [-0.2, -0.15) is 0 Å². The molecule has 1 aromatic carbocycles. The van der Waals surface area contributed by atoms with Crippen LogP contribution in [0.15, 0.2) is 60.9 Å². The number of hydrogen-bond acceptors (Lipinski definition) is 9. The highest BCUT2D eigenvalue weighted by Crippen LogP contribution is 2.36. The Kier molecular flexibility index (Phi) is 6.37. The zero-order chi connectivity index (χ0) is 23.5. The van der Waals surface area contributed by atoms with Gasteiger partial charge < -0.3 is 20.0 Å². The van der Waals surface area contributed by atoms with Crippen LogP contribution < -0.4 is 15.1 Å². The molecule has 1 fully saturated rings. The summed E-state index contributed by atoms with van der Waals surface area (Å²) in [6.07, 6.45) is 3.68. The van der Waals surface area contributed by atoms with Gasteiger partial charge in [0, 0.05) is 45.1 Å². The van der Waals surface area contributed by atoms with E-state index >= 15 is 0 Å². The molecule has 0 radical (unpaired) electrons. The highest BCUT2D eigenvalue weighted by atomic mass is 32.1. The van der Waals surface area contributed by atoms with Crippen molar-refractivity contribution < 1.29 is 0 Å². The van der Waals surface area contributed by atoms with E-state index < -0.39 is 0 Å². The SMILES string of the molecule is Cc1nc(N(C)c2ccccc2)sc1-c1ccnc(Nc2ccc(N3CCN(C)CC3)cn2)n1. The molecule has 0 atom stereocenters. The number of nitrogens with zero attached hydrogens (tertiary/aromatic N) is 7. The van der Waals surface area contributed by atoms with Gasteiger partial charge in [-0.15, -0.1) is 0 Å². The molecule has 5 rings (SSSR count). The van der Waals surface area contributed by atoms with E-state index in [4.69, 9.17) is 9.97 Å². The van der Waals surface area contributed by atoms with Gasteiger partial charge in [-0.1, -0.05) is 29.5 Å². The average Bonchev–Trinajstić information content (AvgIpc) is 3.27. The first-order valence-corrected chi connectivity index (χ1v) is 12.1. The molecule has 34 heavy (non-hydrogen) atoms. The highest BCUT2D eigenvalue weighted by Gasteiger charge is 2.17. The van der Waals surface area contributed by atoms with Crippen LogP contribution in [-0.4, -0.2) is 65.1 Å². The number of benzene rings is 1. The number of anilines is 5. The van der Waals surface area contributed by atoms with E-state index in [-0.39, 0.29) is 0 Å². The molecule has 0 amide bonds. The zero-order valence-electron chi connectivity index (χ0n) is 19.6. The molecule has 1 aliphatic heterocycles. The zero-order valence-corrected chi connectivity index (χ0v) is 20.5. The van der Waals surface area contributed by atoms with Crippen molar-refractivity contribution in [2.75, 3.05) is 55.4 Å². The Bertz CT molecular complexity index is 1230. The first-order valence-electron chi connectivity index (χ1n) is 11.3. The van der Waals surface area contributed by atoms with Crippen molar-refractivity contribution in [1.82, 2.24) is 24.8 Å². The molecular formula is C25H28N8S. The van der Waals surface area contributed by atoms with Gasteiger partial charge >= 0.3 is 0 Å². The molecule has 8 nitrogen and oxygen atoms in total. The van der Waals surface area contributed by atoms with Crippen LogP contribution in [-0.2, 0) is 0 Å². The predicted molar refractivity (Wildman–Crippen MR) is 140 cm³/mol. The van der Waals surface area contributed by atoms with Crippen LogP contribution in [0.4, 0.5) is 28.3 Å². The maximum Gasteiger partial charge on any atom is 0.228 e. The lowest BCUT2D eigenvalue weighted by atomic mass is 10.3. The predicted octanol–water partition coefficient (Wildman–Crippen LogP) is 4.57. The second-order valence-electron chi connectivity index (χ2n) is 8.39. The van der Waals surface area contributed by atoms with Gasteiger partial charge in [0.25, 0.3) is 0 Å². The van der Waals surface area contributed by atoms with Gasteiger partial charge in [0.05, 0.1) is 28.1 Å². The molecule has 0 bridgehead atoms. The van der Waals surface area contributed by atoms with Crippen molar-refractivity contribution in [2.24, 2.45) is 0 Å². The Morgan fingerprint density at radius 2 is 1.74 bits per heavy atom. The van der Waals surface area contributed by atoms with Crippen molar-refractivity contribution in [2.45, 2.75) is 6.92 Å². The van der Waals surface area contributed by atoms with E-state index in [0.717, 1.165) is 64.8 Å². The van der Waals surface area contributed by atoms with Crippen molar-refractivity contribution in [1.29, 1.82) is 0 Å². The number of likely N-dealkylation sites (N-methyl/N-ethyl adjacent to an activating group) is 1. The summed E-state index contributed by atoms with van der Waals surface area (Å²) in [6, 6.07) is 16.2. The average molecular weight is 473 g/mol. The minimum atomic E-state index is 0.517. The van der Waals surface area contributed by atoms with E-state index in [1.807, 2.05) is 50.5 Å². The number of aromatic nitrogens is 4. The van der Waals surface area contributed by atoms with E-state index in [1.165, 1.54) is 0 Å². The molecule has 4 aromatic rings. The minimum Gasteiger partial charge on any atom is -0.368 e. The maximum atomic E-state index is 4.78. The topological polar surface area (TPSA) is 73.3 Å². The molecule has 0 unspecified atom stereocenters. The normalized spacial score (nSPS) is 14.3. The summed E-state index contributed by atoms with van der Waals surface area (Å²) in [4.78, 5) is 26.3. The standard InChI is InChI=1S/C25H28N8S/c1-18-23(34-25(28-18)32(3)19-7-5-4-6-8-19)21-11-12-26-24(29-21)30-22-10-9-20(17-27-22)33-15-13-31(2)14-16-33/h4-12,17H,13-16H2,1-3H3,(H,26,27,29,30). The van der Waals surface area contributed by atoms with Crippen molar-refractivity contribution in [3.63, 3.8) is 0 Å². The second kappa shape index (κ2) is 9.74. The Morgan fingerprint density at radius 3 is 2.47 bits per heavy atom. The fourth-order valence-electron chi connectivity index (χ4n) is 3.90. The van der Waals surface area contributed by atoms with Crippen LogP contribution in [0.25, 0.3) is 10.6 Å². The van der Waals surface area contributed by atoms with Crippen LogP contribution in [0.1, 0.15) is 5.69 Å². The van der Waals surface area contributed by atoms with Gasteiger partial charge in [0.2, 0.25) is 5.95 Å². The third kappa shape index (κ3) is 4.85. The number of thiazole rings is 1. The first kappa shape index (κ1) is 22.2. The molecule has 9 heteroatoms. The monoisotopic (exact) mass is 472 g/mol. The Morgan fingerprint density at radius 1 is 0.941 bits per heavy atom. The van der Waals surface area contributed by atoms with Crippen LogP contribution >= 0.6 is 11.3 Å². The maximum absolute atomic E-state index is 4.78. The van der Waals surface area contributed by atoms with Gasteiger partial charge in [-0.05, 0) is 44.3 Å². The number of aryl methyl sites for hydroxylation is 1. The van der Waals surface area contributed by atoms with Gasteiger partial charge in [-0.25, -0.2) is 19.9 Å². The van der Waals surface area contributed by atoms with Crippen LogP contribution in [0, 0.1) is 6.92 Å². The quantitative estimate of drug-likeness (QED) is 0.438. The fraction of sp³-hybridized carbons (Fsp3) is 0.280. The highest BCUT2D eigenvalue weighted by molar-refractivity contribution is 7.19. The molecule has 1 saturated heterocycles. The third-order valence-electron chi connectivity index (χ3n) is 5.96. The smallest absolute Gasteiger partial charge is 0.228 e. The number of nitrogens with one attached hydrogen (secondary N) is 1. The largest absolute Gasteiger partial charge is 0.368 e. The van der Waals surface area contributed by atoms with Crippen LogP contribution in [0.3, 0.4) is 0 Å². The molecule has 1 N–H and O–H groups in total. The lowest BCUT2D eigenvalue weighted by Crippen LogP contribution is -2.44. The lowest BCUT2D eigenvalue weighted by Gasteiger charge is -2.33. The third-order valence-corrected chi connectivity index (χ3v) is 7.22. The lowest BCUT2D eigenvalue weighted by molar-refractivity contribution is 0.313. The fourth-order valence-corrected chi connectivity index (χ4v) is 4.92. The Balaban J connectivity index is 1.31. The molecule has 0 saturated carbocycles. The summed E-state index contributed by atoms with van der Waals surface area (Å²) in [5, 5.41) is 4.16. The summed E-state index contributed by atoms with van der Waals surface area (Å²) in [6.45, 7) is 6.19. The molecule has 0 spiro atoms. The molecule has 0 aliphatic carbocycles. The summed E-state index contributed by atoms with van der Waals surface area (Å²) in [5.74, 6) is 1.24.